The first-order chi connectivity index (χ1) is 10.0. The van der Waals surface area contributed by atoms with E-state index in [1.54, 1.807) is 12.1 Å². The number of benzene rings is 2. The van der Waals surface area contributed by atoms with Gasteiger partial charge in [0, 0.05) is 36.7 Å². The van der Waals surface area contributed by atoms with Crippen LogP contribution in [0.2, 0.25) is 0 Å². The van der Waals surface area contributed by atoms with E-state index in [4.69, 9.17) is 5.73 Å². The fourth-order valence-corrected chi connectivity index (χ4v) is 2.12. The lowest BCUT2D eigenvalue weighted by Crippen LogP contribution is -2.14. The van der Waals surface area contributed by atoms with Gasteiger partial charge < -0.3 is 16.0 Å². The van der Waals surface area contributed by atoms with Gasteiger partial charge in [0.1, 0.15) is 0 Å². The molecule has 0 atom stereocenters. The summed E-state index contributed by atoms with van der Waals surface area (Å²) in [6, 6.07) is 13.1. The molecule has 110 valence electrons. The Bertz CT molecular complexity index is 650. The molecule has 0 spiro atoms. The van der Waals surface area contributed by atoms with Crippen LogP contribution in [0, 0.1) is 0 Å². The number of rotatable bonds is 4. The van der Waals surface area contributed by atoms with Gasteiger partial charge in [0.25, 0.3) is 5.91 Å². The molecule has 4 heteroatoms. The summed E-state index contributed by atoms with van der Waals surface area (Å²) in [5, 5.41) is 2.88. The summed E-state index contributed by atoms with van der Waals surface area (Å²) < 4.78 is 0. The molecule has 0 radical (unpaired) electrons. The molecule has 2 aromatic carbocycles. The van der Waals surface area contributed by atoms with Gasteiger partial charge in [-0.05, 0) is 42.3 Å². The summed E-state index contributed by atoms with van der Waals surface area (Å²) >= 11 is 0. The van der Waals surface area contributed by atoms with E-state index in [1.807, 2.05) is 49.3 Å². The van der Waals surface area contributed by atoms with Gasteiger partial charge >= 0.3 is 0 Å². The quantitative estimate of drug-likeness (QED) is 0.847. The standard InChI is InChI=1S/C17H21N3O/c1-4-12-8-9-14(11-16(12)18)19-17(21)13-6-5-7-15(10-13)20(2)3/h5-11H,4,18H2,1-3H3,(H,19,21). The molecule has 2 rings (SSSR count). The molecule has 3 N–H and O–H groups in total. The molecule has 0 unspecified atom stereocenters. The minimum atomic E-state index is -0.137. The third kappa shape index (κ3) is 3.54. The average molecular weight is 283 g/mol. The Kier molecular flexibility index (Phi) is 4.48. The second-order valence-electron chi connectivity index (χ2n) is 5.17. The molecule has 0 aliphatic rings. The Morgan fingerprint density at radius 3 is 2.57 bits per heavy atom. The third-order valence-electron chi connectivity index (χ3n) is 3.41. The molecule has 0 bridgehead atoms. The second-order valence-corrected chi connectivity index (χ2v) is 5.17. The van der Waals surface area contributed by atoms with Gasteiger partial charge in [-0.3, -0.25) is 4.79 Å². The highest BCUT2D eigenvalue weighted by molar-refractivity contribution is 6.05. The topological polar surface area (TPSA) is 58.4 Å². The normalized spacial score (nSPS) is 10.2. The molecular formula is C17H21N3O. The monoisotopic (exact) mass is 283 g/mol. The number of nitrogens with two attached hydrogens (primary N) is 1. The average Bonchev–Trinajstić information content (AvgIpc) is 2.47. The fraction of sp³-hybridized carbons (Fsp3) is 0.235. The van der Waals surface area contributed by atoms with E-state index in [0.29, 0.717) is 16.9 Å². The summed E-state index contributed by atoms with van der Waals surface area (Å²) in [5.41, 5.74) is 10.1. The Hall–Kier alpha value is -2.49. The van der Waals surface area contributed by atoms with E-state index >= 15 is 0 Å². The summed E-state index contributed by atoms with van der Waals surface area (Å²) in [6.07, 6.45) is 0.880. The van der Waals surface area contributed by atoms with Gasteiger partial charge in [-0.15, -0.1) is 0 Å². The number of nitrogens with one attached hydrogen (secondary N) is 1. The van der Waals surface area contributed by atoms with Gasteiger partial charge in [-0.2, -0.15) is 0 Å². The highest BCUT2D eigenvalue weighted by Gasteiger charge is 2.08. The van der Waals surface area contributed by atoms with Crippen LogP contribution in [-0.2, 0) is 6.42 Å². The minimum Gasteiger partial charge on any atom is -0.398 e. The lowest BCUT2D eigenvalue weighted by molar-refractivity contribution is 0.102. The molecule has 1 amide bonds. The largest absolute Gasteiger partial charge is 0.398 e. The van der Waals surface area contributed by atoms with Crippen LogP contribution in [0.3, 0.4) is 0 Å². The zero-order valence-corrected chi connectivity index (χ0v) is 12.7. The Labute approximate surface area is 125 Å². The van der Waals surface area contributed by atoms with E-state index in [9.17, 15) is 4.79 Å². The van der Waals surface area contributed by atoms with Crippen LogP contribution in [0.1, 0.15) is 22.8 Å². The van der Waals surface area contributed by atoms with Crippen LogP contribution < -0.4 is 16.0 Å². The number of aryl methyl sites for hydroxylation is 1. The number of amides is 1. The van der Waals surface area contributed by atoms with Crippen molar-refractivity contribution in [3.8, 4) is 0 Å². The maximum absolute atomic E-state index is 12.3. The van der Waals surface area contributed by atoms with Gasteiger partial charge in [-0.25, -0.2) is 0 Å². The van der Waals surface area contributed by atoms with E-state index < -0.39 is 0 Å². The maximum Gasteiger partial charge on any atom is 0.255 e. The van der Waals surface area contributed by atoms with E-state index in [-0.39, 0.29) is 5.91 Å². The molecule has 2 aromatic rings. The van der Waals surface area contributed by atoms with Crippen molar-refractivity contribution < 1.29 is 4.79 Å². The predicted molar refractivity (Wildman–Crippen MR) is 89.0 cm³/mol. The zero-order valence-electron chi connectivity index (χ0n) is 12.7. The Balaban J connectivity index is 2.18. The molecule has 0 aliphatic heterocycles. The van der Waals surface area contributed by atoms with E-state index in [0.717, 1.165) is 17.7 Å². The van der Waals surface area contributed by atoms with Crippen molar-refractivity contribution in [3.05, 3.63) is 53.6 Å². The number of nitrogens with zero attached hydrogens (tertiary/aromatic N) is 1. The Morgan fingerprint density at radius 1 is 1.19 bits per heavy atom. The molecule has 4 nitrogen and oxygen atoms in total. The lowest BCUT2D eigenvalue weighted by Gasteiger charge is -2.14. The maximum atomic E-state index is 12.3. The van der Waals surface area contributed by atoms with Crippen molar-refractivity contribution >= 4 is 23.0 Å². The smallest absolute Gasteiger partial charge is 0.255 e. The van der Waals surface area contributed by atoms with Crippen LogP contribution in [0.25, 0.3) is 0 Å². The minimum absolute atomic E-state index is 0.137. The number of carbonyl (C=O) groups is 1. The summed E-state index contributed by atoms with van der Waals surface area (Å²) in [4.78, 5) is 14.2. The van der Waals surface area contributed by atoms with Gasteiger partial charge in [-0.1, -0.05) is 19.1 Å². The SMILES string of the molecule is CCc1ccc(NC(=O)c2cccc(N(C)C)c2)cc1N. The van der Waals surface area contributed by atoms with Crippen LogP contribution in [0.15, 0.2) is 42.5 Å². The van der Waals surface area contributed by atoms with E-state index in [1.165, 1.54) is 0 Å². The van der Waals surface area contributed by atoms with E-state index in [2.05, 4.69) is 12.2 Å². The fourth-order valence-electron chi connectivity index (χ4n) is 2.12. The van der Waals surface area contributed by atoms with Crippen molar-refractivity contribution in [2.24, 2.45) is 0 Å². The van der Waals surface area contributed by atoms with Crippen LogP contribution >= 0.6 is 0 Å². The molecular weight excluding hydrogens is 262 g/mol. The lowest BCUT2D eigenvalue weighted by atomic mass is 10.1. The van der Waals surface area contributed by atoms with Gasteiger partial charge in [0.15, 0.2) is 0 Å². The number of hydrogen-bond donors (Lipinski definition) is 2. The first-order valence-electron chi connectivity index (χ1n) is 6.98. The van der Waals surface area contributed by atoms with Crippen molar-refractivity contribution in [3.63, 3.8) is 0 Å². The van der Waals surface area contributed by atoms with Gasteiger partial charge in [0.2, 0.25) is 0 Å². The van der Waals surface area contributed by atoms with Crippen molar-refractivity contribution in [2.75, 3.05) is 30.0 Å². The number of hydrogen-bond acceptors (Lipinski definition) is 3. The van der Waals surface area contributed by atoms with Crippen LogP contribution in [0.5, 0.6) is 0 Å². The molecule has 0 fully saturated rings. The van der Waals surface area contributed by atoms with Crippen molar-refractivity contribution in [2.45, 2.75) is 13.3 Å². The highest BCUT2D eigenvalue weighted by atomic mass is 16.1. The molecule has 21 heavy (non-hydrogen) atoms. The molecule has 0 saturated heterocycles. The number of carbonyl (C=O) groups excluding carboxylic acids is 1. The number of nitrogen functional groups attached to an aromatic ring is 1. The molecule has 0 aliphatic carbocycles. The molecule has 0 aromatic heterocycles. The first kappa shape index (κ1) is 14.9. The van der Waals surface area contributed by atoms with Gasteiger partial charge in [0.05, 0.1) is 0 Å². The summed E-state index contributed by atoms with van der Waals surface area (Å²) in [6.45, 7) is 2.05. The number of anilines is 3. The highest BCUT2D eigenvalue weighted by Crippen LogP contribution is 2.20. The molecule has 0 heterocycles. The zero-order chi connectivity index (χ0) is 15.4. The summed E-state index contributed by atoms with van der Waals surface area (Å²) in [7, 11) is 3.89. The third-order valence-corrected chi connectivity index (χ3v) is 3.41. The second kappa shape index (κ2) is 6.31. The first-order valence-corrected chi connectivity index (χ1v) is 6.98. The summed E-state index contributed by atoms with van der Waals surface area (Å²) in [5.74, 6) is -0.137. The predicted octanol–water partition coefficient (Wildman–Crippen LogP) is 3.15. The van der Waals surface area contributed by atoms with Crippen LogP contribution in [-0.4, -0.2) is 20.0 Å². The Morgan fingerprint density at radius 2 is 1.95 bits per heavy atom. The van der Waals surface area contributed by atoms with Crippen molar-refractivity contribution in [1.29, 1.82) is 0 Å². The molecule has 0 saturated carbocycles. The van der Waals surface area contributed by atoms with Crippen molar-refractivity contribution in [1.82, 2.24) is 0 Å². The van der Waals surface area contributed by atoms with Crippen LogP contribution in [0.4, 0.5) is 17.1 Å².